The van der Waals surface area contributed by atoms with E-state index in [2.05, 4.69) is 36.2 Å². The monoisotopic (exact) mass is 274 g/mol. The average molecular weight is 274 g/mol. The molecular formula is C17H26N2O. The second-order valence-electron chi connectivity index (χ2n) is 5.92. The van der Waals surface area contributed by atoms with E-state index in [4.69, 9.17) is 0 Å². The van der Waals surface area contributed by atoms with E-state index in [0.29, 0.717) is 18.9 Å². The number of hydrogen-bond donors (Lipinski definition) is 0. The number of rotatable bonds is 4. The van der Waals surface area contributed by atoms with Crippen LogP contribution in [0.2, 0.25) is 0 Å². The largest absolute Gasteiger partial charge is 0.341 e. The second-order valence-corrected chi connectivity index (χ2v) is 5.92. The molecule has 20 heavy (non-hydrogen) atoms. The number of likely N-dealkylation sites (tertiary alicyclic amines) is 1. The Bertz CT molecular complexity index is 433. The lowest BCUT2D eigenvalue weighted by Crippen LogP contribution is -2.29. The van der Waals surface area contributed by atoms with E-state index in [1.165, 1.54) is 37.1 Å². The molecule has 0 radical (unpaired) electrons. The zero-order valence-corrected chi connectivity index (χ0v) is 12.9. The normalized spacial score (nSPS) is 17.1. The number of piperidine rings is 1. The lowest BCUT2D eigenvalue weighted by Gasteiger charge is -2.29. The van der Waals surface area contributed by atoms with Crippen LogP contribution in [-0.2, 0) is 11.3 Å². The van der Waals surface area contributed by atoms with Gasteiger partial charge in [-0.15, -0.1) is 0 Å². The molecule has 1 fully saturated rings. The Kier molecular flexibility index (Phi) is 5.18. The summed E-state index contributed by atoms with van der Waals surface area (Å²) < 4.78 is 0. The first-order valence-electron chi connectivity index (χ1n) is 7.61. The molecule has 3 nitrogen and oxygen atoms in total. The molecule has 110 valence electrons. The van der Waals surface area contributed by atoms with E-state index in [0.717, 1.165) is 0 Å². The maximum Gasteiger partial charge on any atom is 0.222 e. The van der Waals surface area contributed by atoms with Crippen molar-refractivity contribution in [3.05, 3.63) is 35.4 Å². The highest BCUT2D eigenvalue weighted by Gasteiger charge is 2.18. The van der Waals surface area contributed by atoms with Crippen molar-refractivity contribution in [1.82, 2.24) is 9.80 Å². The summed E-state index contributed by atoms with van der Waals surface area (Å²) in [6.45, 7) is 5.00. The molecule has 3 heteroatoms. The van der Waals surface area contributed by atoms with Crippen molar-refractivity contribution in [1.29, 1.82) is 0 Å². The van der Waals surface area contributed by atoms with Crippen LogP contribution < -0.4 is 0 Å². The molecule has 0 atom stereocenters. The quantitative estimate of drug-likeness (QED) is 0.843. The van der Waals surface area contributed by atoms with Crippen LogP contribution in [0.1, 0.15) is 43.2 Å². The maximum atomic E-state index is 11.6. The molecule has 1 aliphatic rings. The fourth-order valence-electron chi connectivity index (χ4n) is 2.87. The fourth-order valence-corrected chi connectivity index (χ4v) is 2.87. The topological polar surface area (TPSA) is 23.6 Å². The molecule has 0 spiro atoms. The van der Waals surface area contributed by atoms with Crippen molar-refractivity contribution < 1.29 is 4.79 Å². The number of carbonyl (C=O) groups is 1. The molecule has 1 saturated heterocycles. The highest BCUT2D eigenvalue weighted by Crippen LogP contribution is 2.27. The Morgan fingerprint density at radius 1 is 1.25 bits per heavy atom. The van der Waals surface area contributed by atoms with Gasteiger partial charge in [-0.25, -0.2) is 0 Å². The molecule has 0 aliphatic carbocycles. The molecule has 0 N–H and O–H groups in total. The van der Waals surface area contributed by atoms with Crippen molar-refractivity contribution >= 4 is 5.91 Å². The Balaban J connectivity index is 1.94. The van der Waals surface area contributed by atoms with E-state index < -0.39 is 0 Å². The van der Waals surface area contributed by atoms with E-state index >= 15 is 0 Å². The van der Waals surface area contributed by atoms with E-state index in [-0.39, 0.29) is 5.91 Å². The smallest absolute Gasteiger partial charge is 0.222 e. The molecule has 0 aromatic heterocycles. The summed E-state index contributed by atoms with van der Waals surface area (Å²) in [5.41, 5.74) is 2.66. The van der Waals surface area contributed by atoms with Crippen LogP contribution in [0, 0.1) is 0 Å². The first-order chi connectivity index (χ1) is 9.60. The zero-order chi connectivity index (χ0) is 14.5. The van der Waals surface area contributed by atoms with Crippen molar-refractivity contribution in [2.75, 3.05) is 27.2 Å². The lowest BCUT2D eigenvalue weighted by atomic mass is 9.89. The van der Waals surface area contributed by atoms with Crippen LogP contribution in [0.3, 0.4) is 0 Å². The lowest BCUT2D eigenvalue weighted by molar-refractivity contribution is -0.130. The van der Waals surface area contributed by atoms with Crippen LogP contribution in [0.5, 0.6) is 0 Å². The molecule has 0 unspecified atom stereocenters. The van der Waals surface area contributed by atoms with Gasteiger partial charge in [-0.05, 0) is 50.0 Å². The molecule has 1 aromatic rings. The average Bonchev–Trinajstić information content (AvgIpc) is 2.48. The Labute approximate surface area is 122 Å². The summed E-state index contributed by atoms with van der Waals surface area (Å²) in [6.07, 6.45) is 3.08. The fraction of sp³-hybridized carbons (Fsp3) is 0.588. The summed E-state index contributed by atoms with van der Waals surface area (Å²) in [7, 11) is 4.07. The van der Waals surface area contributed by atoms with Gasteiger partial charge >= 0.3 is 0 Å². The standard InChI is InChI=1S/C17H26N2O/c1-4-17(20)19(3)13-14-5-7-15(8-6-14)16-9-11-18(2)12-10-16/h5-8,16H,4,9-13H2,1-3H3. The van der Waals surface area contributed by atoms with Gasteiger partial charge < -0.3 is 9.80 Å². The SMILES string of the molecule is CCC(=O)N(C)Cc1ccc(C2CCN(C)CC2)cc1. The zero-order valence-electron chi connectivity index (χ0n) is 12.9. The van der Waals surface area contributed by atoms with Gasteiger partial charge in [-0.3, -0.25) is 4.79 Å². The van der Waals surface area contributed by atoms with Gasteiger partial charge in [0, 0.05) is 20.0 Å². The van der Waals surface area contributed by atoms with Crippen molar-refractivity contribution in [3.8, 4) is 0 Å². The Hall–Kier alpha value is -1.35. The number of amides is 1. The van der Waals surface area contributed by atoms with Gasteiger partial charge in [0.1, 0.15) is 0 Å². The minimum absolute atomic E-state index is 0.199. The third-order valence-corrected chi connectivity index (χ3v) is 4.32. The van der Waals surface area contributed by atoms with Crippen LogP contribution >= 0.6 is 0 Å². The molecule has 0 bridgehead atoms. The summed E-state index contributed by atoms with van der Waals surface area (Å²) in [4.78, 5) is 15.8. The third kappa shape index (κ3) is 3.83. The van der Waals surface area contributed by atoms with E-state index in [1.54, 1.807) is 4.90 Å². The van der Waals surface area contributed by atoms with Crippen molar-refractivity contribution in [2.24, 2.45) is 0 Å². The van der Waals surface area contributed by atoms with E-state index in [9.17, 15) is 4.79 Å². The summed E-state index contributed by atoms with van der Waals surface area (Å²) in [5.74, 6) is 0.902. The Morgan fingerprint density at radius 3 is 2.40 bits per heavy atom. The highest BCUT2D eigenvalue weighted by molar-refractivity contribution is 5.75. The first-order valence-corrected chi connectivity index (χ1v) is 7.61. The van der Waals surface area contributed by atoms with Crippen molar-refractivity contribution in [2.45, 2.75) is 38.6 Å². The van der Waals surface area contributed by atoms with Gasteiger partial charge in [-0.1, -0.05) is 31.2 Å². The number of benzene rings is 1. The highest BCUT2D eigenvalue weighted by atomic mass is 16.2. The van der Waals surface area contributed by atoms with Gasteiger partial charge in [-0.2, -0.15) is 0 Å². The molecular weight excluding hydrogens is 248 g/mol. The molecule has 1 heterocycles. The molecule has 2 rings (SSSR count). The predicted octanol–water partition coefficient (Wildman–Crippen LogP) is 2.86. The molecule has 0 saturated carbocycles. The summed E-state index contributed by atoms with van der Waals surface area (Å²) >= 11 is 0. The minimum atomic E-state index is 0.199. The first kappa shape index (κ1) is 15.0. The van der Waals surface area contributed by atoms with Gasteiger partial charge in [0.05, 0.1) is 0 Å². The molecule has 1 aromatic carbocycles. The third-order valence-electron chi connectivity index (χ3n) is 4.32. The second kappa shape index (κ2) is 6.89. The summed E-state index contributed by atoms with van der Waals surface area (Å²) in [6, 6.07) is 8.84. The summed E-state index contributed by atoms with van der Waals surface area (Å²) in [5, 5.41) is 0. The van der Waals surface area contributed by atoms with Crippen molar-refractivity contribution in [3.63, 3.8) is 0 Å². The van der Waals surface area contributed by atoms with Gasteiger partial charge in [0.2, 0.25) is 5.91 Å². The predicted molar refractivity (Wildman–Crippen MR) is 82.7 cm³/mol. The van der Waals surface area contributed by atoms with Gasteiger partial charge in [0.25, 0.3) is 0 Å². The number of nitrogens with zero attached hydrogens (tertiary/aromatic N) is 2. The number of carbonyl (C=O) groups excluding carboxylic acids is 1. The van der Waals surface area contributed by atoms with Crippen LogP contribution in [0.25, 0.3) is 0 Å². The van der Waals surface area contributed by atoms with E-state index in [1.807, 2.05) is 14.0 Å². The van der Waals surface area contributed by atoms with Crippen LogP contribution in [-0.4, -0.2) is 42.9 Å². The van der Waals surface area contributed by atoms with Gasteiger partial charge in [0.15, 0.2) is 0 Å². The number of hydrogen-bond acceptors (Lipinski definition) is 2. The Morgan fingerprint density at radius 2 is 1.85 bits per heavy atom. The molecule has 1 aliphatic heterocycles. The van der Waals surface area contributed by atoms with Crippen LogP contribution in [0.15, 0.2) is 24.3 Å². The molecule has 1 amide bonds. The maximum absolute atomic E-state index is 11.6. The minimum Gasteiger partial charge on any atom is -0.341 e. The van der Waals surface area contributed by atoms with Crippen LogP contribution in [0.4, 0.5) is 0 Å².